The lowest BCUT2D eigenvalue weighted by Gasteiger charge is -2.09. The molecule has 0 spiro atoms. The fraction of sp³-hybridized carbons (Fsp3) is 0.125. The summed E-state index contributed by atoms with van der Waals surface area (Å²) in [5, 5.41) is 0.725. The lowest BCUT2D eigenvalue weighted by molar-refractivity contribution is 0.00850. The fourth-order valence-electron chi connectivity index (χ4n) is 2.87. The molecule has 0 aliphatic carbocycles. The van der Waals surface area contributed by atoms with Crippen molar-refractivity contribution in [1.82, 2.24) is 9.71 Å². The summed E-state index contributed by atoms with van der Waals surface area (Å²) in [6, 6.07) is 10.9. The van der Waals surface area contributed by atoms with Gasteiger partial charge in [-0.1, -0.05) is 6.07 Å². The maximum Gasteiger partial charge on any atom is 0.381 e. The van der Waals surface area contributed by atoms with Crippen LogP contribution in [-0.4, -0.2) is 23.3 Å². The molecular weight excluding hydrogens is 300 g/mol. The largest absolute Gasteiger partial charge is 0.455 e. The van der Waals surface area contributed by atoms with Crippen LogP contribution in [0, 0.1) is 0 Å². The van der Waals surface area contributed by atoms with Gasteiger partial charge in [-0.3, -0.25) is 0 Å². The van der Waals surface area contributed by atoms with Crippen molar-refractivity contribution in [1.29, 1.82) is 0 Å². The molecule has 114 valence electrons. The molecule has 3 heterocycles. The van der Waals surface area contributed by atoms with Gasteiger partial charge in [-0.05, 0) is 30.3 Å². The van der Waals surface area contributed by atoms with Crippen LogP contribution in [-0.2, 0) is 0 Å². The molecular formula is C16H10N2O5. The van der Waals surface area contributed by atoms with Crippen molar-refractivity contribution in [3.63, 3.8) is 0 Å². The van der Waals surface area contributed by atoms with E-state index >= 15 is 0 Å². The first-order chi connectivity index (χ1) is 11.3. The summed E-state index contributed by atoms with van der Waals surface area (Å²) < 4.78 is 17.5. The first-order valence-electron chi connectivity index (χ1n) is 7.03. The number of aromatic nitrogens is 2. The first-order valence-corrected chi connectivity index (χ1v) is 7.03. The summed E-state index contributed by atoms with van der Waals surface area (Å²) in [6.45, 7) is 0.146. The number of hydrogen-bond acceptors (Lipinski definition) is 6. The number of fused-ring (bicyclic) bond motifs is 1. The van der Waals surface area contributed by atoms with Gasteiger partial charge in [-0.25, -0.2) is 4.79 Å². The third kappa shape index (κ3) is 1.70. The number of benzene rings is 2. The standard InChI is InChI=1S/C16H10N2O5/c19-16-17-15(9-4-5-11-13(6-9)21-7-20-11)14-10-2-1-3-12(14)22-8-23-18(10)16/h1-6H,7-8H2. The van der Waals surface area contributed by atoms with E-state index < -0.39 is 5.69 Å². The molecule has 4 bridgehead atoms. The van der Waals surface area contributed by atoms with Gasteiger partial charge in [0.15, 0.2) is 11.5 Å². The van der Waals surface area contributed by atoms with Gasteiger partial charge in [0.2, 0.25) is 6.79 Å². The van der Waals surface area contributed by atoms with Crippen LogP contribution in [0.5, 0.6) is 17.2 Å². The molecule has 0 N–H and O–H groups in total. The summed E-state index contributed by atoms with van der Waals surface area (Å²) in [6.07, 6.45) is 0. The van der Waals surface area contributed by atoms with Gasteiger partial charge in [0, 0.05) is 5.56 Å². The highest BCUT2D eigenvalue weighted by atomic mass is 16.8. The van der Waals surface area contributed by atoms with Crippen molar-refractivity contribution in [3.05, 3.63) is 46.9 Å². The number of ether oxygens (including phenoxy) is 3. The van der Waals surface area contributed by atoms with Crippen LogP contribution in [0.1, 0.15) is 0 Å². The van der Waals surface area contributed by atoms with Gasteiger partial charge in [0.05, 0.1) is 16.6 Å². The third-order valence-corrected chi connectivity index (χ3v) is 3.88. The molecule has 2 aromatic carbocycles. The van der Waals surface area contributed by atoms with E-state index in [0.29, 0.717) is 28.5 Å². The Balaban J connectivity index is 1.86. The minimum atomic E-state index is -0.493. The Hall–Kier alpha value is -3.22. The van der Waals surface area contributed by atoms with Gasteiger partial charge in [0.1, 0.15) is 5.75 Å². The zero-order valence-electron chi connectivity index (χ0n) is 11.8. The number of hydrogen-bond donors (Lipinski definition) is 0. The second-order valence-electron chi connectivity index (χ2n) is 5.15. The number of nitrogens with zero attached hydrogens (tertiary/aromatic N) is 2. The molecule has 0 amide bonds. The Kier molecular flexibility index (Phi) is 2.35. The Bertz CT molecular complexity index is 1010. The molecule has 2 aliphatic rings. The zero-order chi connectivity index (χ0) is 15.4. The second-order valence-corrected chi connectivity index (χ2v) is 5.15. The predicted octanol–water partition coefficient (Wildman–Crippen LogP) is 1.57. The SMILES string of the molecule is O=c1nc(-c2ccc3c(c2)OCO3)c2c3cccc2n1OCO3. The summed E-state index contributed by atoms with van der Waals surface area (Å²) in [4.78, 5) is 21.8. The van der Waals surface area contributed by atoms with E-state index in [0.717, 1.165) is 15.7 Å². The topological polar surface area (TPSA) is 71.8 Å². The molecule has 1 aromatic heterocycles. The van der Waals surface area contributed by atoms with Crippen LogP contribution in [0.2, 0.25) is 0 Å². The molecule has 0 saturated heterocycles. The summed E-state index contributed by atoms with van der Waals surface area (Å²) >= 11 is 0. The minimum Gasteiger partial charge on any atom is -0.455 e. The normalized spacial score (nSPS) is 14.4. The van der Waals surface area contributed by atoms with E-state index in [1.165, 1.54) is 0 Å². The molecule has 0 fully saturated rings. The smallest absolute Gasteiger partial charge is 0.381 e. The van der Waals surface area contributed by atoms with Gasteiger partial charge >= 0.3 is 5.69 Å². The maximum atomic E-state index is 12.3. The molecule has 2 aliphatic heterocycles. The van der Waals surface area contributed by atoms with Gasteiger partial charge < -0.3 is 19.0 Å². The summed E-state index contributed by atoms with van der Waals surface area (Å²) in [5.74, 6) is 1.93. The van der Waals surface area contributed by atoms with Crippen LogP contribution in [0.4, 0.5) is 0 Å². The maximum absolute atomic E-state index is 12.3. The van der Waals surface area contributed by atoms with E-state index in [2.05, 4.69) is 4.98 Å². The van der Waals surface area contributed by atoms with Crippen LogP contribution < -0.4 is 24.7 Å². The Morgan fingerprint density at radius 1 is 0.957 bits per heavy atom. The molecule has 0 atom stereocenters. The lowest BCUT2D eigenvalue weighted by atomic mass is 10.1. The summed E-state index contributed by atoms with van der Waals surface area (Å²) in [7, 11) is 0. The molecule has 7 nitrogen and oxygen atoms in total. The molecule has 7 heteroatoms. The first kappa shape index (κ1) is 12.3. The molecule has 0 saturated carbocycles. The molecule has 5 rings (SSSR count). The fourth-order valence-corrected chi connectivity index (χ4v) is 2.87. The van der Waals surface area contributed by atoms with E-state index in [1.54, 1.807) is 12.1 Å². The van der Waals surface area contributed by atoms with Gasteiger partial charge in [-0.2, -0.15) is 4.98 Å². The Morgan fingerprint density at radius 3 is 2.78 bits per heavy atom. The van der Waals surface area contributed by atoms with Crippen LogP contribution in [0.3, 0.4) is 0 Å². The van der Waals surface area contributed by atoms with Crippen molar-refractivity contribution in [2.45, 2.75) is 0 Å². The highest BCUT2D eigenvalue weighted by Gasteiger charge is 2.22. The highest BCUT2D eigenvalue weighted by molar-refractivity contribution is 5.97. The van der Waals surface area contributed by atoms with Crippen molar-refractivity contribution < 1.29 is 19.0 Å². The van der Waals surface area contributed by atoms with Crippen molar-refractivity contribution in [2.24, 2.45) is 0 Å². The zero-order valence-corrected chi connectivity index (χ0v) is 11.8. The van der Waals surface area contributed by atoms with Crippen LogP contribution in [0.15, 0.2) is 41.2 Å². The average molecular weight is 310 g/mol. The monoisotopic (exact) mass is 310 g/mol. The minimum absolute atomic E-state index is 0.0454. The van der Waals surface area contributed by atoms with E-state index in [4.69, 9.17) is 19.0 Å². The predicted molar refractivity (Wildman–Crippen MR) is 79.6 cm³/mol. The summed E-state index contributed by atoms with van der Waals surface area (Å²) in [5.41, 5.74) is 1.41. The van der Waals surface area contributed by atoms with Crippen LogP contribution in [0.25, 0.3) is 22.2 Å². The molecule has 23 heavy (non-hydrogen) atoms. The van der Waals surface area contributed by atoms with Gasteiger partial charge in [-0.15, -0.1) is 4.73 Å². The Labute approximate surface area is 129 Å². The Morgan fingerprint density at radius 2 is 1.83 bits per heavy atom. The van der Waals surface area contributed by atoms with Crippen LogP contribution >= 0.6 is 0 Å². The quantitative estimate of drug-likeness (QED) is 0.679. The van der Waals surface area contributed by atoms with Crippen molar-refractivity contribution >= 4 is 10.9 Å². The average Bonchev–Trinajstić information content (AvgIpc) is 3.02. The third-order valence-electron chi connectivity index (χ3n) is 3.88. The molecule has 0 radical (unpaired) electrons. The highest BCUT2D eigenvalue weighted by Crippen LogP contribution is 2.39. The van der Waals surface area contributed by atoms with Crippen molar-refractivity contribution in [2.75, 3.05) is 13.6 Å². The number of rotatable bonds is 1. The molecule has 0 unspecified atom stereocenters. The van der Waals surface area contributed by atoms with E-state index in [9.17, 15) is 4.79 Å². The molecule has 3 aromatic rings. The van der Waals surface area contributed by atoms with Gasteiger partial charge in [0.25, 0.3) is 6.79 Å². The van der Waals surface area contributed by atoms with E-state index in [1.807, 2.05) is 24.3 Å². The second kappa shape index (κ2) is 4.39. The van der Waals surface area contributed by atoms with E-state index in [-0.39, 0.29) is 13.6 Å². The van der Waals surface area contributed by atoms with Crippen molar-refractivity contribution in [3.8, 4) is 28.5 Å². The lowest BCUT2D eigenvalue weighted by Crippen LogP contribution is -2.30.